The van der Waals surface area contributed by atoms with E-state index in [9.17, 15) is 4.21 Å². The van der Waals surface area contributed by atoms with Gasteiger partial charge in [-0.2, -0.15) is 0 Å². The van der Waals surface area contributed by atoms with Gasteiger partial charge < -0.3 is 0 Å². The number of nitrogens with zero attached hydrogens (tertiary/aromatic N) is 3. The molecule has 4 nitrogen and oxygen atoms in total. The highest BCUT2D eigenvalue weighted by molar-refractivity contribution is 7.99. The molecule has 0 aliphatic heterocycles. The number of hydrogen-bond donors (Lipinski definition) is 0. The number of aryl methyl sites for hydroxylation is 1. The summed E-state index contributed by atoms with van der Waals surface area (Å²) in [6.45, 7) is 1.92. The monoisotopic (exact) mass is 195 g/mol. The molecule has 1 unspecified atom stereocenters. The van der Waals surface area contributed by atoms with Gasteiger partial charge in [-0.25, -0.2) is 0 Å². The maximum absolute atomic E-state index is 11.6. The van der Waals surface area contributed by atoms with Gasteiger partial charge >= 0.3 is 0 Å². The first kappa shape index (κ1) is 9.64. The first-order chi connectivity index (χ1) is 6.06. The standard InChI is InChI=1S/C8H9N3OS/c1-7-3-5-8(6-4-7)13(2,12)11-10-9/h3-6H,2H2,1H3. The molecular weight excluding hydrogens is 186 g/mol. The molecule has 1 aromatic rings. The van der Waals surface area contributed by atoms with E-state index >= 15 is 0 Å². The van der Waals surface area contributed by atoms with Crippen molar-refractivity contribution in [3.8, 4) is 0 Å². The molecule has 0 amide bonds. The maximum atomic E-state index is 11.6. The summed E-state index contributed by atoms with van der Waals surface area (Å²) in [5.74, 6) is 3.37. The summed E-state index contributed by atoms with van der Waals surface area (Å²) < 4.78 is 14.7. The van der Waals surface area contributed by atoms with E-state index in [2.05, 4.69) is 15.3 Å². The summed E-state index contributed by atoms with van der Waals surface area (Å²) >= 11 is 0. The third-order valence-corrected chi connectivity index (χ3v) is 2.90. The van der Waals surface area contributed by atoms with Crippen LogP contribution in [0, 0.1) is 6.92 Å². The quantitative estimate of drug-likeness (QED) is 0.309. The van der Waals surface area contributed by atoms with Gasteiger partial charge in [0.15, 0.2) is 0 Å². The minimum absolute atomic E-state index is 0.455. The number of benzene rings is 1. The van der Waals surface area contributed by atoms with Gasteiger partial charge in [0.1, 0.15) is 0 Å². The van der Waals surface area contributed by atoms with Crippen LogP contribution in [0.25, 0.3) is 10.4 Å². The molecular formula is C8H9N3OS. The molecule has 0 saturated carbocycles. The van der Waals surface area contributed by atoms with E-state index in [-0.39, 0.29) is 0 Å². The highest BCUT2D eigenvalue weighted by Crippen LogP contribution is 2.12. The average molecular weight is 195 g/mol. The topological polar surface area (TPSA) is 65.8 Å². The van der Waals surface area contributed by atoms with Crippen LogP contribution in [0.2, 0.25) is 0 Å². The zero-order valence-corrected chi connectivity index (χ0v) is 7.99. The van der Waals surface area contributed by atoms with Crippen LogP contribution in [0.5, 0.6) is 0 Å². The normalized spacial score (nSPS) is 14.2. The minimum atomic E-state index is -2.82. The van der Waals surface area contributed by atoms with Gasteiger partial charge in [-0.1, -0.05) is 17.7 Å². The van der Waals surface area contributed by atoms with Crippen LogP contribution in [0.15, 0.2) is 33.7 Å². The van der Waals surface area contributed by atoms with E-state index in [1.807, 2.05) is 6.92 Å². The Morgan fingerprint density at radius 2 is 2.00 bits per heavy atom. The van der Waals surface area contributed by atoms with E-state index < -0.39 is 9.71 Å². The summed E-state index contributed by atoms with van der Waals surface area (Å²) in [5.41, 5.74) is 9.21. The molecule has 68 valence electrons. The molecule has 1 aromatic carbocycles. The molecule has 0 saturated heterocycles. The lowest BCUT2D eigenvalue weighted by molar-refractivity contribution is 0.682. The molecule has 1 rings (SSSR count). The van der Waals surface area contributed by atoms with Crippen molar-refractivity contribution in [2.24, 2.45) is 4.52 Å². The lowest BCUT2D eigenvalue weighted by Crippen LogP contribution is -1.94. The zero-order chi connectivity index (χ0) is 9.90. The Bertz CT molecular complexity index is 441. The predicted molar refractivity (Wildman–Crippen MR) is 53.9 cm³/mol. The van der Waals surface area contributed by atoms with E-state index in [1.54, 1.807) is 24.3 Å². The molecule has 0 bridgehead atoms. The first-order valence-corrected chi connectivity index (χ1v) is 5.25. The molecule has 0 radical (unpaired) electrons. The Morgan fingerprint density at radius 1 is 1.46 bits per heavy atom. The van der Waals surface area contributed by atoms with Crippen LogP contribution in [-0.4, -0.2) is 10.1 Å². The van der Waals surface area contributed by atoms with Crippen molar-refractivity contribution in [3.63, 3.8) is 0 Å². The fourth-order valence-electron chi connectivity index (χ4n) is 0.857. The summed E-state index contributed by atoms with van der Waals surface area (Å²) in [7, 11) is -2.82. The third-order valence-electron chi connectivity index (χ3n) is 1.56. The van der Waals surface area contributed by atoms with Crippen molar-refractivity contribution in [2.75, 3.05) is 0 Å². The fraction of sp³-hybridized carbons (Fsp3) is 0.125. The smallest absolute Gasteiger partial charge is 0.0796 e. The number of azide groups is 1. The molecule has 1 atom stereocenters. The Balaban J connectivity index is 3.24. The van der Waals surface area contributed by atoms with Crippen molar-refractivity contribution >= 4 is 15.6 Å². The Hall–Kier alpha value is -1.45. The van der Waals surface area contributed by atoms with Crippen molar-refractivity contribution in [2.45, 2.75) is 11.8 Å². The Morgan fingerprint density at radius 3 is 2.46 bits per heavy atom. The molecule has 0 spiro atoms. The van der Waals surface area contributed by atoms with Gasteiger partial charge in [0.25, 0.3) is 0 Å². The largest absolute Gasteiger partial charge is 0.256 e. The van der Waals surface area contributed by atoms with Crippen molar-refractivity contribution < 1.29 is 4.21 Å². The third kappa shape index (κ3) is 2.24. The fourth-order valence-corrected chi connectivity index (χ4v) is 1.63. The summed E-state index contributed by atoms with van der Waals surface area (Å²) in [6, 6.07) is 6.90. The summed E-state index contributed by atoms with van der Waals surface area (Å²) in [5, 5.41) is 0. The van der Waals surface area contributed by atoms with Crippen LogP contribution in [0.3, 0.4) is 0 Å². The second kappa shape index (κ2) is 3.51. The first-order valence-electron chi connectivity index (χ1n) is 3.56. The van der Waals surface area contributed by atoms with Crippen molar-refractivity contribution in [1.82, 2.24) is 0 Å². The molecule has 0 heterocycles. The Kier molecular flexibility index (Phi) is 2.60. The van der Waals surface area contributed by atoms with Gasteiger partial charge in [-0.15, -0.1) is 0 Å². The second-order valence-electron chi connectivity index (χ2n) is 2.62. The summed E-state index contributed by atoms with van der Waals surface area (Å²) in [4.78, 5) is 2.95. The van der Waals surface area contributed by atoms with Crippen molar-refractivity contribution in [1.29, 1.82) is 0 Å². The van der Waals surface area contributed by atoms with Crippen LogP contribution < -0.4 is 0 Å². The van der Waals surface area contributed by atoms with Gasteiger partial charge in [-0.05, 0) is 35.0 Å². The molecule has 13 heavy (non-hydrogen) atoms. The molecule has 0 fully saturated rings. The minimum Gasteiger partial charge on any atom is -0.256 e. The highest BCUT2D eigenvalue weighted by atomic mass is 32.2. The Labute approximate surface area is 77.0 Å². The highest BCUT2D eigenvalue weighted by Gasteiger charge is 2.03. The summed E-state index contributed by atoms with van der Waals surface area (Å²) in [6.07, 6.45) is 0. The van der Waals surface area contributed by atoms with E-state index in [0.29, 0.717) is 4.90 Å². The average Bonchev–Trinajstić information content (AvgIpc) is 2.05. The van der Waals surface area contributed by atoms with Crippen LogP contribution in [0.1, 0.15) is 5.56 Å². The number of rotatable bonds is 2. The molecule has 0 aliphatic rings. The second-order valence-corrected chi connectivity index (χ2v) is 4.54. The maximum Gasteiger partial charge on any atom is 0.0796 e. The molecule has 0 aromatic heterocycles. The van der Waals surface area contributed by atoms with E-state index in [4.69, 9.17) is 5.53 Å². The SMILES string of the molecule is C=S(=O)(N=[N+]=[N-])c1ccc(C)cc1. The van der Waals surface area contributed by atoms with Crippen LogP contribution in [-0.2, 0) is 9.71 Å². The van der Waals surface area contributed by atoms with Gasteiger partial charge in [0, 0.05) is 9.81 Å². The van der Waals surface area contributed by atoms with Gasteiger partial charge in [0.05, 0.1) is 9.71 Å². The number of hydrogen-bond acceptors (Lipinski definition) is 1. The molecule has 5 heteroatoms. The van der Waals surface area contributed by atoms with Gasteiger partial charge in [0.2, 0.25) is 0 Å². The van der Waals surface area contributed by atoms with E-state index in [1.165, 1.54) is 0 Å². The lowest BCUT2D eigenvalue weighted by atomic mass is 10.2. The molecule has 0 aliphatic carbocycles. The molecule has 0 N–H and O–H groups in total. The lowest BCUT2D eigenvalue weighted by Gasteiger charge is -2.01. The van der Waals surface area contributed by atoms with Crippen molar-refractivity contribution in [3.05, 3.63) is 40.3 Å². The zero-order valence-electron chi connectivity index (χ0n) is 7.17. The van der Waals surface area contributed by atoms with Crippen LogP contribution in [0.4, 0.5) is 0 Å². The van der Waals surface area contributed by atoms with E-state index in [0.717, 1.165) is 5.56 Å². The van der Waals surface area contributed by atoms with Crippen LogP contribution >= 0.6 is 0 Å². The predicted octanol–water partition coefficient (Wildman–Crippen LogP) is 2.30. The van der Waals surface area contributed by atoms with Gasteiger partial charge in [-0.3, -0.25) is 4.21 Å².